The number of benzene rings is 1. The molecule has 158 valence electrons. The highest BCUT2D eigenvalue weighted by atomic mass is 16.3. The molecule has 0 saturated heterocycles. The molecule has 0 fully saturated rings. The fraction of sp³-hybridized carbons (Fsp3) is 0.481. The topological polar surface area (TPSA) is 40.5 Å². The van der Waals surface area contributed by atoms with Crippen molar-refractivity contribution >= 4 is 0 Å². The van der Waals surface area contributed by atoms with Gasteiger partial charge in [0.1, 0.15) is 11.5 Å². The molecule has 1 aromatic carbocycles. The largest absolute Gasteiger partial charge is 0.508 e. The summed E-state index contributed by atoms with van der Waals surface area (Å²) in [4.78, 5) is 0. The lowest BCUT2D eigenvalue weighted by Gasteiger charge is -2.09. The average Bonchev–Trinajstić information content (AvgIpc) is 2.66. The Morgan fingerprint density at radius 3 is 2.00 bits per heavy atom. The number of hydrogen-bond donors (Lipinski definition) is 2. The summed E-state index contributed by atoms with van der Waals surface area (Å²) in [7, 11) is 0. The first-order valence-electron chi connectivity index (χ1n) is 10.5. The lowest BCUT2D eigenvalue weighted by Crippen LogP contribution is -1.91. The molecular formula is C27H38O2. The summed E-state index contributed by atoms with van der Waals surface area (Å²) in [5.41, 5.74) is 4.27. The molecule has 2 nitrogen and oxygen atoms in total. The van der Waals surface area contributed by atoms with Gasteiger partial charge in [0.15, 0.2) is 0 Å². The molecule has 1 rings (SSSR count). The van der Waals surface area contributed by atoms with Gasteiger partial charge < -0.3 is 10.2 Å². The van der Waals surface area contributed by atoms with Gasteiger partial charge in [-0.05, 0) is 96.3 Å². The second kappa shape index (κ2) is 16.4. The molecule has 1 aromatic rings. The zero-order chi connectivity index (χ0) is 22.1. The van der Waals surface area contributed by atoms with Crippen molar-refractivity contribution in [2.75, 3.05) is 0 Å². The highest BCUT2D eigenvalue weighted by Crippen LogP contribution is 2.30. The van der Waals surface area contributed by atoms with Gasteiger partial charge in [-0.2, -0.15) is 0 Å². The van der Waals surface area contributed by atoms with Crippen LogP contribution in [0.3, 0.4) is 0 Å². The lowest BCUT2D eigenvalue weighted by molar-refractivity contribution is 0.439. The third-order valence-corrected chi connectivity index (χ3v) is 4.39. The Balaban J connectivity index is 0.00000113. The molecular weight excluding hydrogens is 356 g/mol. The van der Waals surface area contributed by atoms with Crippen LogP contribution in [-0.4, -0.2) is 10.2 Å². The van der Waals surface area contributed by atoms with Crippen LogP contribution in [0.4, 0.5) is 0 Å². The van der Waals surface area contributed by atoms with E-state index in [1.54, 1.807) is 26.0 Å². The number of phenols is 2. The number of hydrogen-bond acceptors (Lipinski definition) is 2. The van der Waals surface area contributed by atoms with Gasteiger partial charge in [-0.15, -0.1) is 0 Å². The Morgan fingerprint density at radius 2 is 1.52 bits per heavy atom. The van der Waals surface area contributed by atoms with Crippen LogP contribution < -0.4 is 0 Å². The van der Waals surface area contributed by atoms with Crippen LogP contribution in [0.15, 0.2) is 35.4 Å². The molecule has 2 heteroatoms. The van der Waals surface area contributed by atoms with Crippen LogP contribution in [0.25, 0.3) is 0 Å². The minimum Gasteiger partial charge on any atom is -0.508 e. The predicted octanol–water partition coefficient (Wildman–Crippen LogP) is 7.10. The van der Waals surface area contributed by atoms with E-state index in [-0.39, 0.29) is 11.5 Å². The van der Waals surface area contributed by atoms with E-state index in [9.17, 15) is 10.2 Å². The summed E-state index contributed by atoms with van der Waals surface area (Å²) in [5.74, 6) is 10.9. The quantitative estimate of drug-likeness (QED) is 0.266. The normalized spacial score (nSPS) is 9.93. The van der Waals surface area contributed by atoms with Crippen molar-refractivity contribution in [1.29, 1.82) is 0 Å². The summed E-state index contributed by atoms with van der Waals surface area (Å²) >= 11 is 0. The molecule has 0 aliphatic carbocycles. The molecule has 0 spiro atoms. The van der Waals surface area contributed by atoms with Crippen molar-refractivity contribution in [3.63, 3.8) is 0 Å². The molecule has 0 aliphatic rings. The molecule has 0 unspecified atom stereocenters. The van der Waals surface area contributed by atoms with Crippen LogP contribution in [0.1, 0.15) is 84.8 Å². The van der Waals surface area contributed by atoms with Crippen molar-refractivity contribution < 1.29 is 10.2 Å². The first kappa shape index (κ1) is 26.4. The van der Waals surface area contributed by atoms with Gasteiger partial charge in [0.2, 0.25) is 0 Å². The Kier molecular flexibility index (Phi) is 14.9. The highest BCUT2D eigenvalue weighted by molar-refractivity contribution is 5.47. The number of unbranched alkanes of at least 4 members (excludes halogenated alkanes) is 2. The van der Waals surface area contributed by atoms with Gasteiger partial charge in [-0.25, -0.2) is 0 Å². The van der Waals surface area contributed by atoms with E-state index in [0.29, 0.717) is 12.0 Å². The monoisotopic (exact) mass is 394 g/mol. The Morgan fingerprint density at radius 1 is 0.931 bits per heavy atom. The van der Waals surface area contributed by atoms with Crippen LogP contribution in [0.2, 0.25) is 0 Å². The van der Waals surface area contributed by atoms with Gasteiger partial charge in [0.25, 0.3) is 0 Å². The molecule has 0 saturated carbocycles. The molecule has 0 radical (unpaired) electrons. The second-order valence-electron chi connectivity index (χ2n) is 7.39. The van der Waals surface area contributed by atoms with Crippen molar-refractivity contribution in [3.8, 4) is 35.2 Å². The molecule has 0 aromatic heterocycles. The van der Waals surface area contributed by atoms with Gasteiger partial charge >= 0.3 is 0 Å². The minimum absolute atomic E-state index is 0.213. The highest BCUT2D eigenvalue weighted by Gasteiger charge is 2.09. The first-order valence-corrected chi connectivity index (χ1v) is 10.5. The lowest BCUT2D eigenvalue weighted by atomic mass is 10.0. The molecule has 2 N–H and O–H groups in total. The van der Waals surface area contributed by atoms with Gasteiger partial charge in [0, 0.05) is 5.56 Å². The van der Waals surface area contributed by atoms with E-state index in [0.717, 1.165) is 31.2 Å². The molecule has 0 bridgehead atoms. The van der Waals surface area contributed by atoms with Crippen LogP contribution in [0.5, 0.6) is 11.5 Å². The Hall–Kier alpha value is -2.58. The third-order valence-electron chi connectivity index (χ3n) is 4.39. The van der Waals surface area contributed by atoms with Crippen molar-refractivity contribution in [1.82, 2.24) is 0 Å². The SMILES string of the molecule is CC#CC#CC.CCCCCc1cc(O)c(C/C=C(\C)CCC=C(C)C)c(O)c1. The second-order valence-corrected chi connectivity index (χ2v) is 7.39. The predicted molar refractivity (Wildman–Crippen MR) is 126 cm³/mol. The van der Waals surface area contributed by atoms with Crippen molar-refractivity contribution in [2.24, 2.45) is 0 Å². The standard InChI is InChI=1S/C21H32O2.C6H6/c1-5-6-7-11-18-14-20(22)19(21(23)15-18)13-12-17(4)10-8-9-16(2)3;1-3-5-6-4-2/h9,12,14-15,22-23H,5-8,10-11,13H2,1-4H3;1-2H3/b17-12+;. The summed E-state index contributed by atoms with van der Waals surface area (Å²) in [6.45, 7) is 12.0. The van der Waals surface area contributed by atoms with E-state index < -0.39 is 0 Å². The fourth-order valence-electron chi connectivity index (χ4n) is 2.72. The van der Waals surface area contributed by atoms with Gasteiger partial charge in [0.05, 0.1) is 0 Å². The smallest absolute Gasteiger partial charge is 0.123 e. The zero-order valence-corrected chi connectivity index (χ0v) is 19.2. The maximum Gasteiger partial charge on any atom is 0.123 e. The summed E-state index contributed by atoms with van der Waals surface area (Å²) in [5, 5.41) is 20.4. The third kappa shape index (κ3) is 13.3. The van der Waals surface area contributed by atoms with E-state index in [2.05, 4.69) is 63.5 Å². The van der Waals surface area contributed by atoms with Crippen LogP contribution >= 0.6 is 0 Å². The van der Waals surface area contributed by atoms with E-state index in [1.165, 1.54) is 24.0 Å². The summed E-state index contributed by atoms with van der Waals surface area (Å²) in [6, 6.07) is 3.61. The fourth-order valence-corrected chi connectivity index (χ4v) is 2.72. The van der Waals surface area contributed by atoms with Crippen LogP contribution in [0, 0.1) is 23.7 Å². The van der Waals surface area contributed by atoms with Crippen molar-refractivity contribution in [3.05, 3.63) is 46.6 Å². The minimum atomic E-state index is 0.213. The van der Waals surface area contributed by atoms with E-state index in [1.807, 2.05) is 0 Å². The molecule has 0 heterocycles. The molecule has 29 heavy (non-hydrogen) atoms. The number of rotatable bonds is 9. The molecule has 0 atom stereocenters. The van der Waals surface area contributed by atoms with Crippen LogP contribution in [-0.2, 0) is 12.8 Å². The van der Waals surface area contributed by atoms with Gasteiger partial charge in [-0.1, -0.05) is 54.9 Å². The average molecular weight is 395 g/mol. The van der Waals surface area contributed by atoms with E-state index >= 15 is 0 Å². The van der Waals surface area contributed by atoms with E-state index in [4.69, 9.17) is 0 Å². The number of phenolic OH excluding ortho intramolecular Hbond substituents is 2. The number of allylic oxidation sites excluding steroid dienone is 4. The Bertz CT molecular complexity index is 744. The Labute approximate surface area is 178 Å². The van der Waals surface area contributed by atoms with Crippen molar-refractivity contribution in [2.45, 2.75) is 86.5 Å². The summed E-state index contributed by atoms with van der Waals surface area (Å²) in [6.07, 6.45) is 11.3. The maximum atomic E-state index is 10.2. The molecule has 0 amide bonds. The molecule has 0 aliphatic heterocycles. The zero-order valence-electron chi connectivity index (χ0n) is 19.2. The maximum absolute atomic E-state index is 10.2. The summed E-state index contributed by atoms with van der Waals surface area (Å²) < 4.78 is 0. The number of aromatic hydroxyl groups is 2. The van der Waals surface area contributed by atoms with Gasteiger partial charge in [-0.3, -0.25) is 0 Å². The number of aryl methyl sites for hydroxylation is 1. The first-order chi connectivity index (χ1) is 13.8.